The fourth-order valence-electron chi connectivity index (χ4n) is 3.73. The van der Waals surface area contributed by atoms with Crippen molar-refractivity contribution in [2.75, 3.05) is 12.4 Å². The normalized spacial score (nSPS) is 15.0. The number of ether oxygens (including phenoxy) is 1. The Morgan fingerprint density at radius 2 is 2.07 bits per heavy atom. The monoisotopic (exact) mass is 364 g/mol. The lowest BCUT2D eigenvalue weighted by molar-refractivity contribution is -0.117. The number of anilines is 1. The molecule has 1 amide bonds. The summed E-state index contributed by atoms with van der Waals surface area (Å²) in [5.41, 5.74) is 2.49. The molecule has 0 bridgehead atoms. The summed E-state index contributed by atoms with van der Waals surface area (Å²) in [5, 5.41) is 7.54. The number of methoxy groups -OCH3 is 1. The van der Waals surface area contributed by atoms with Crippen LogP contribution in [0.15, 0.2) is 42.6 Å². The highest BCUT2D eigenvalue weighted by atomic mass is 16.5. The lowest BCUT2D eigenvalue weighted by atomic mass is 9.87. The van der Waals surface area contributed by atoms with E-state index in [0.29, 0.717) is 23.8 Å². The van der Waals surface area contributed by atoms with Gasteiger partial charge in [0.2, 0.25) is 5.91 Å². The number of rotatable bonds is 5. The van der Waals surface area contributed by atoms with Crippen LogP contribution in [-0.2, 0) is 4.79 Å². The molecule has 6 heteroatoms. The maximum atomic E-state index is 12.3. The van der Waals surface area contributed by atoms with Gasteiger partial charge in [-0.25, -0.2) is 9.50 Å². The van der Waals surface area contributed by atoms with E-state index in [2.05, 4.69) is 15.4 Å². The van der Waals surface area contributed by atoms with Gasteiger partial charge in [0.25, 0.3) is 0 Å². The number of carbonyl (C=O) groups is 1. The highest BCUT2D eigenvalue weighted by Gasteiger charge is 2.17. The first kappa shape index (κ1) is 17.5. The first-order chi connectivity index (χ1) is 13.2. The molecule has 0 atom stereocenters. The summed E-state index contributed by atoms with van der Waals surface area (Å²) >= 11 is 0. The molecule has 0 unspecified atom stereocenters. The average Bonchev–Trinajstić information content (AvgIpc) is 3.10. The first-order valence-electron chi connectivity index (χ1n) is 9.52. The number of hydrogen-bond donors (Lipinski definition) is 1. The summed E-state index contributed by atoms with van der Waals surface area (Å²) in [5.74, 6) is 1.88. The molecule has 140 valence electrons. The van der Waals surface area contributed by atoms with E-state index in [0.717, 1.165) is 29.8 Å². The number of carbonyl (C=O) groups excluding carboxylic acids is 1. The molecule has 1 saturated carbocycles. The molecule has 2 aromatic heterocycles. The van der Waals surface area contributed by atoms with Crippen molar-refractivity contribution < 1.29 is 9.53 Å². The molecule has 2 heterocycles. The molecule has 4 rings (SSSR count). The number of nitrogens with zero attached hydrogens (tertiary/aromatic N) is 3. The quantitative estimate of drug-likeness (QED) is 0.732. The Hall–Kier alpha value is -2.89. The molecule has 3 aromatic rings. The van der Waals surface area contributed by atoms with Crippen molar-refractivity contribution in [2.24, 2.45) is 5.92 Å². The van der Waals surface area contributed by atoms with Crippen LogP contribution in [0.4, 0.5) is 5.82 Å². The van der Waals surface area contributed by atoms with Gasteiger partial charge in [0.1, 0.15) is 5.75 Å². The topological polar surface area (TPSA) is 68.5 Å². The molecule has 1 aliphatic rings. The standard InChI is InChI=1S/C21H24N4O2/c1-27-17-9-5-8-16(13-17)18-10-11-20-22-19(14-25(20)24-18)23-21(26)12-15-6-3-2-4-7-15/h5,8-11,13-15H,2-4,6-7,12H2,1H3,(H,23,26). The van der Waals surface area contributed by atoms with Crippen molar-refractivity contribution in [1.82, 2.24) is 14.6 Å². The van der Waals surface area contributed by atoms with E-state index in [1.807, 2.05) is 36.4 Å². The smallest absolute Gasteiger partial charge is 0.225 e. The Bertz CT molecular complexity index is 944. The van der Waals surface area contributed by atoms with Crippen LogP contribution in [0.1, 0.15) is 38.5 Å². The number of fused-ring (bicyclic) bond motifs is 1. The van der Waals surface area contributed by atoms with E-state index in [-0.39, 0.29) is 5.91 Å². The summed E-state index contributed by atoms with van der Waals surface area (Å²) in [6.07, 6.45) is 8.43. The van der Waals surface area contributed by atoms with Gasteiger partial charge >= 0.3 is 0 Å². The summed E-state index contributed by atoms with van der Waals surface area (Å²) in [6.45, 7) is 0. The van der Waals surface area contributed by atoms with Gasteiger partial charge in [-0.05, 0) is 43.0 Å². The largest absolute Gasteiger partial charge is 0.497 e. The Morgan fingerprint density at radius 3 is 2.89 bits per heavy atom. The van der Waals surface area contributed by atoms with Crippen LogP contribution in [0.25, 0.3) is 16.9 Å². The van der Waals surface area contributed by atoms with Crippen LogP contribution in [0.3, 0.4) is 0 Å². The zero-order valence-corrected chi connectivity index (χ0v) is 15.5. The Labute approximate surface area is 158 Å². The maximum absolute atomic E-state index is 12.3. The van der Waals surface area contributed by atoms with Gasteiger partial charge in [-0.1, -0.05) is 31.4 Å². The van der Waals surface area contributed by atoms with Gasteiger partial charge in [0.05, 0.1) is 19.0 Å². The van der Waals surface area contributed by atoms with Gasteiger partial charge in [-0.15, -0.1) is 0 Å². The number of nitrogens with one attached hydrogen (secondary N) is 1. The number of hydrogen-bond acceptors (Lipinski definition) is 4. The summed E-state index contributed by atoms with van der Waals surface area (Å²) < 4.78 is 6.98. The third-order valence-electron chi connectivity index (χ3n) is 5.15. The SMILES string of the molecule is COc1cccc(-c2ccc3nc(NC(=O)CC4CCCCC4)cn3n2)c1. The minimum absolute atomic E-state index is 0.0401. The number of benzene rings is 1. The summed E-state index contributed by atoms with van der Waals surface area (Å²) in [4.78, 5) is 16.8. The summed E-state index contributed by atoms with van der Waals surface area (Å²) in [7, 11) is 1.65. The van der Waals surface area contributed by atoms with Gasteiger partial charge in [-0.3, -0.25) is 4.79 Å². The van der Waals surface area contributed by atoms with Crippen LogP contribution in [-0.4, -0.2) is 27.6 Å². The lowest BCUT2D eigenvalue weighted by Crippen LogP contribution is -2.18. The fraction of sp³-hybridized carbons (Fsp3) is 0.381. The van der Waals surface area contributed by atoms with Crippen molar-refractivity contribution in [3.8, 4) is 17.0 Å². The molecule has 0 aliphatic heterocycles. The Kier molecular flexibility index (Phi) is 5.05. The molecule has 1 fully saturated rings. The lowest BCUT2D eigenvalue weighted by Gasteiger charge is -2.20. The second-order valence-corrected chi connectivity index (χ2v) is 7.14. The zero-order valence-electron chi connectivity index (χ0n) is 15.5. The van der Waals surface area contributed by atoms with Crippen molar-refractivity contribution in [3.05, 3.63) is 42.6 Å². The second kappa shape index (κ2) is 7.78. The Balaban J connectivity index is 1.49. The molecule has 1 aromatic carbocycles. The molecular weight excluding hydrogens is 340 g/mol. The highest BCUT2D eigenvalue weighted by molar-refractivity contribution is 5.90. The van der Waals surface area contributed by atoms with E-state index >= 15 is 0 Å². The van der Waals surface area contributed by atoms with E-state index < -0.39 is 0 Å². The van der Waals surface area contributed by atoms with Gasteiger partial charge in [-0.2, -0.15) is 5.10 Å². The predicted molar refractivity (Wildman–Crippen MR) is 105 cm³/mol. The average molecular weight is 364 g/mol. The van der Waals surface area contributed by atoms with E-state index in [1.54, 1.807) is 17.8 Å². The number of imidazole rings is 1. The molecule has 1 aliphatic carbocycles. The second-order valence-electron chi connectivity index (χ2n) is 7.14. The number of aromatic nitrogens is 3. The molecular formula is C21H24N4O2. The van der Waals surface area contributed by atoms with Crippen LogP contribution in [0.2, 0.25) is 0 Å². The van der Waals surface area contributed by atoms with E-state index in [1.165, 1.54) is 19.3 Å². The fourth-order valence-corrected chi connectivity index (χ4v) is 3.73. The third kappa shape index (κ3) is 4.10. The van der Waals surface area contributed by atoms with E-state index in [9.17, 15) is 4.79 Å². The van der Waals surface area contributed by atoms with Crippen LogP contribution in [0.5, 0.6) is 5.75 Å². The van der Waals surface area contributed by atoms with Crippen molar-refractivity contribution in [2.45, 2.75) is 38.5 Å². The molecule has 27 heavy (non-hydrogen) atoms. The van der Waals surface area contributed by atoms with Gasteiger partial charge in [0.15, 0.2) is 11.5 Å². The minimum Gasteiger partial charge on any atom is -0.497 e. The van der Waals surface area contributed by atoms with Gasteiger partial charge < -0.3 is 10.1 Å². The molecule has 6 nitrogen and oxygen atoms in total. The van der Waals surface area contributed by atoms with Gasteiger partial charge in [0, 0.05) is 12.0 Å². The predicted octanol–water partition coefficient (Wildman–Crippen LogP) is 4.31. The van der Waals surface area contributed by atoms with Crippen molar-refractivity contribution in [3.63, 3.8) is 0 Å². The highest BCUT2D eigenvalue weighted by Crippen LogP contribution is 2.27. The number of amides is 1. The molecule has 0 radical (unpaired) electrons. The molecule has 0 spiro atoms. The summed E-state index contributed by atoms with van der Waals surface area (Å²) in [6, 6.07) is 11.6. The maximum Gasteiger partial charge on any atom is 0.225 e. The minimum atomic E-state index is 0.0401. The van der Waals surface area contributed by atoms with E-state index in [4.69, 9.17) is 4.74 Å². The van der Waals surface area contributed by atoms with Crippen LogP contribution in [0, 0.1) is 5.92 Å². The van der Waals surface area contributed by atoms with Crippen LogP contribution < -0.4 is 10.1 Å². The molecule has 1 N–H and O–H groups in total. The van der Waals surface area contributed by atoms with Crippen molar-refractivity contribution in [1.29, 1.82) is 0 Å². The molecule has 0 saturated heterocycles. The Morgan fingerprint density at radius 1 is 1.22 bits per heavy atom. The zero-order chi connectivity index (χ0) is 18.6. The van der Waals surface area contributed by atoms with Crippen molar-refractivity contribution >= 4 is 17.4 Å². The van der Waals surface area contributed by atoms with Crippen LogP contribution >= 0.6 is 0 Å². The third-order valence-corrected chi connectivity index (χ3v) is 5.15. The first-order valence-corrected chi connectivity index (χ1v) is 9.52.